The number of para-hydroxylation sites is 2. The molecule has 0 unspecified atom stereocenters. The molecule has 2 aromatic rings. The fourth-order valence-electron chi connectivity index (χ4n) is 2.63. The van der Waals surface area contributed by atoms with Crippen molar-refractivity contribution in [3.8, 4) is 5.75 Å². The summed E-state index contributed by atoms with van der Waals surface area (Å²) in [4.78, 5) is 37.4. The van der Waals surface area contributed by atoms with Gasteiger partial charge in [-0.2, -0.15) is 0 Å². The number of anilines is 1. The maximum Gasteiger partial charge on any atom is 0.333 e. The van der Waals surface area contributed by atoms with Crippen LogP contribution in [0.25, 0.3) is 0 Å². The van der Waals surface area contributed by atoms with Gasteiger partial charge in [0.1, 0.15) is 5.75 Å². The topological polar surface area (TPSA) is 93.7 Å². The lowest BCUT2D eigenvalue weighted by Gasteiger charge is -2.34. The van der Waals surface area contributed by atoms with E-state index in [1.165, 1.54) is 14.0 Å². The quantitative estimate of drug-likeness (QED) is 0.645. The Kier molecular flexibility index (Phi) is 4.62. The highest BCUT2D eigenvalue weighted by atomic mass is 16.5. The first-order valence-electron chi connectivity index (χ1n) is 7.99. The van der Waals surface area contributed by atoms with Crippen molar-refractivity contribution in [2.75, 3.05) is 12.4 Å². The zero-order valence-corrected chi connectivity index (χ0v) is 14.3. The molecule has 2 aromatic carbocycles. The molecule has 0 spiro atoms. The molecule has 0 saturated heterocycles. The third-order valence-corrected chi connectivity index (χ3v) is 4.16. The fourth-order valence-corrected chi connectivity index (χ4v) is 2.63. The maximum absolute atomic E-state index is 12.8. The summed E-state index contributed by atoms with van der Waals surface area (Å²) in [5, 5.41) is 5.20. The standard InChI is InChI=1S/C19H18N2O5/c1-19(17(23)20-13-10-6-7-11-14(13)26-19)18(24)21-15(16(22)25-2)12-8-4-3-5-9-12/h3-11,15H,1-2H3,(H,20,23)(H,21,24)/t15-,19+/m1/s1. The van der Waals surface area contributed by atoms with E-state index in [1.54, 1.807) is 54.6 Å². The second-order valence-corrected chi connectivity index (χ2v) is 5.93. The largest absolute Gasteiger partial charge is 0.467 e. The lowest BCUT2D eigenvalue weighted by atomic mass is 9.99. The number of amides is 2. The molecule has 0 aromatic heterocycles. The van der Waals surface area contributed by atoms with Crippen molar-refractivity contribution >= 4 is 23.5 Å². The zero-order chi connectivity index (χ0) is 18.7. The predicted molar refractivity (Wildman–Crippen MR) is 93.4 cm³/mol. The van der Waals surface area contributed by atoms with Gasteiger partial charge in [0.2, 0.25) is 0 Å². The number of hydrogen-bond acceptors (Lipinski definition) is 5. The maximum atomic E-state index is 12.8. The molecule has 2 N–H and O–H groups in total. The van der Waals surface area contributed by atoms with Crippen LogP contribution in [-0.4, -0.2) is 30.5 Å². The van der Waals surface area contributed by atoms with Crippen LogP contribution in [0.15, 0.2) is 54.6 Å². The molecule has 1 aliphatic heterocycles. The number of fused-ring (bicyclic) bond motifs is 1. The lowest BCUT2D eigenvalue weighted by Crippen LogP contribution is -2.59. The van der Waals surface area contributed by atoms with Gasteiger partial charge in [0, 0.05) is 0 Å². The Labute approximate surface area is 150 Å². The molecular formula is C19H18N2O5. The summed E-state index contributed by atoms with van der Waals surface area (Å²) >= 11 is 0. The van der Waals surface area contributed by atoms with E-state index in [0.717, 1.165) is 0 Å². The summed E-state index contributed by atoms with van der Waals surface area (Å²) in [6.45, 7) is 1.35. The molecule has 134 valence electrons. The smallest absolute Gasteiger partial charge is 0.333 e. The summed E-state index contributed by atoms with van der Waals surface area (Å²) in [5.41, 5.74) is -0.807. The van der Waals surface area contributed by atoms with Crippen LogP contribution in [0.1, 0.15) is 18.5 Å². The van der Waals surface area contributed by atoms with E-state index in [4.69, 9.17) is 9.47 Å². The summed E-state index contributed by atoms with van der Waals surface area (Å²) in [6.07, 6.45) is 0. The first kappa shape index (κ1) is 17.5. The van der Waals surface area contributed by atoms with E-state index in [9.17, 15) is 14.4 Å². The Morgan fingerprint density at radius 1 is 1.12 bits per heavy atom. The highest BCUT2D eigenvalue weighted by Gasteiger charge is 2.48. The van der Waals surface area contributed by atoms with Crippen LogP contribution >= 0.6 is 0 Å². The Morgan fingerprint density at radius 3 is 2.46 bits per heavy atom. The monoisotopic (exact) mass is 354 g/mol. The number of carbonyl (C=O) groups excluding carboxylic acids is 3. The minimum atomic E-state index is -1.82. The number of benzene rings is 2. The number of hydrogen-bond donors (Lipinski definition) is 2. The van der Waals surface area contributed by atoms with Crippen molar-refractivity contribution in [2.45, 2.75) is 18.6 Å². The van der Waals surface area contributed by atoms with Gasteiger partial charge in [-0.15, -0.1) is 0 Å². The predicted octanol–water partition coefficient (Wildman–Crippen LogP) is 1.81. The molecule has 7 nitrogen and oxygen atoms in total. The molecule has 26 heavy (non-hydrogen) atoms. The molecule has 1 aliphatic rings. The van der Waals surface area contributed by atoms with Crippen molar-refractivity contribution in [3.05, 3.63) is 60.2 Å². The van der Waals surface area contributed by atoms with E-state index in [0.29, 0.717) is 17.0 Å². The summed E-state index contributed by atoms with van der Waals surface area (Å²) in [5.74, 6) is -1.64. The number of methoxy groups -OCH3 is 1. The number of ether oxygens (including phenoxy) is 2. The first-order chi connectivity index (χ1) is 12.5. The number of rotatable bonds is 4. The fraction of sp³-hybridized carbons (Fsp3) is 0.211. The van der Waals surface area contributed by atoms with Gasteiger partial charge in [-0.1, -0.05) is 42.5 Å². The molecule has 2 atom stereocenters. The molecule has 0 saturated carbocycles. The number of carbonyl (C=O) groups is 3. The van der Waals surface area contributed by atoms with E-state index in [2.05, 4.69) is 10.6 Å². The van der Waals surface area contributed by atoms with E-state index in [1.807, 2.05) is 0 Å². The van der Waals surface area contributed by atoms with Crippen molar-refractivity contribution in [1.82, 2.24) is 5.32 Å². The second kappa shape index (κ2) is 6.87. The minimum absolute atomic E-state index is 0.374. The van der Waals surface area contributed by atoms with E-state index in [-0.39, 0.29) is 0 Å². The molecule has 2 amide bonds. The lowest BCUT2D eigenvalue weighted by molar-refractivity contribution is -0.152. The Balaban J connectivity index is 1.88. The van der Waals surface area contributed by atoms with Gasteiger partial charge in [0.05, 0.1) is 12.8 Å². The zero-order valence-electron chi connectivity index (χ0n) is 14.3. The van der Waals surface area contributed by atoms with Crippen molar-refractivity contribution in [2.24, 2.45) is 0 Å². The van der Waals surface area contributed by atoms with Gasteiger partial charge in [-0.25, -0.2) is 4.79 Å². The van der Waals surface area contributed by atoms with E-state index >= 15 is 0 Å². The molecule has 0 bridgehead atoms. The van der Waals surface area contributed by atoms with Crippen LogP contribution in [-0.2, 0) is 19.1 Å². The van der Waals surface area contributed by atoms with Crippen LogP contribution in [0.4, 0.5) is 5.69 Å². The molecule has 0 aliphatic carbocycles. The molecule has 7 heteroatoms. The SMILES string of the molecule is COC(=O)[C@H](NC(=O)[C@@]1(C)Oc2ccccc2NC1=O)c1ccccc1. The average Bonchev–Trinajstić information content (AvgIpc) is 2.66. The Morgan fingerprint density at radius 2 is 1.77 bits per heavy atom. The third kappa shape index (κ3) is 3.11. The molecule has 0 radical (unpaired) electrons. The Bertz CT molecular complexity index is 852. The second-order valence-electron chi connectivity index (χ2n) is 5.93. The van der Waals surface area contributed by atoms with E-state index < -0.39 is 29.4 Å². The van der Waals surface area contributed by atoms with Crippen molar-refractivity contribution < 1.29 is 23.9 Å². The van der Waals surface area contributed by atoms with Gasteiger partial charge in [-0.3, -0.25) is 9.59 Å². The van der Waals surface area contributed by atoms with Crippen molar-refractivity contribution in [3.63, 3.8) is 0 Å². The molecular weight excluding hydrogens is 336 g/mol. The van der Waals surface area contributed by atoms with Crippen LogP contribution < -0.4 is 15.4 Å². The van der Waals surface area contributed by atoms with Gasteiger partial charge in [0.15, 0.2) is 6.04 Å². The Hall–Kier alpha value is -3.35. The normalized spacial score (nSPS) is 19.4. The van der Waals surface area contributed by atoms with Gasteiger partial charge in [0.25, 0.3) is 17.4 Å². The first-order valence-corrected chi connectivity index (χ1v) is 7.99. The van der Waals surface area contributed by atoms with Crippen LogP contribution in [0, 0.1) is 0 Å². The van der Waals surface area contributed by atoms with Crippen LogP contribution in [0.5, 0.6) is 5.75 Å². The van der Waals surface area contributed by atoms with Gasteiger partial charge < -0.3 is 20.1 Å². The van der Waals surface area contributed by atoms with Crippen LogP contribution in [0.2, 0.25) is 0 Å². The third-order valence-electron chi connectivity index (χ3n) is 4.16. The molecule has 0 fully saturated rings. The highest BCUT2D eigenvalue weighted by Crippen LogP contribution is 2.33. The average molecular weight is 354 g/mol. The highest BCUT2D eigenvalue weighted by molar-refractivity contribution is 6.15. The summed E-state index contributed by atoms with van der Waals surface area (Å²) in [7, 11) is 1.23. The van der Waals surface area contributed by atoms with Gasteiger partial charge in [-0.05, 0) is 24.6 Å². The number of esters is 1. The van der Waals surface area contributed by atoms with Crippen molar-refractivity contribution in [1.29, 1.82) is 0 Å². The number of nitrogens with one attached hydrogen (secondary N) is 2. The molecule has 1 heterocycles. The summed E-state index contributed by atoms with van der Waals surface area (Å²) in [6, 6.07) is 14.4. The minimum Gasteiger partial charge on any atom is -0.467 e. The van der Waals surface area contributed by atoms with Crippen LogP contribution in [0.3, 0.4) is 0 Å². The molecule has 3 rings (SSSR count). The summed E-state index contributed by atoms with van der Waals surface area (Å²) < 4.78 is 10.4. The van der Waals surface area contributed by atoms with Gasteiger partial charge >= 0.3 is 5.97 Å².